The molecule has 1 aliphatic carbocycles. The molecule has 0 aliphatic heterocycles. The van der Waals surface area contributed by atoms with Gasteiger partial charge in [-0.1, -0.05) is 20.3 Å². The summed E-state index contributed by atoms with van der Waals surface area (Å²) in [5.74, 6) is -0.966. The molecule has 0 radical (unpaired) electrons. The number of carboxylic acids is 1. The van der Waals surface area contributed by atoms with E-state index in [0.29, 0.717) is 32.2 Å². The highest BCUT2D eigenvalue weighted by atomic mass is 16.4. The Bertz CT molecular complexity index is 260. The van der Waals surface area contributed by atoms with Crippen molar-refractivity contribution in [3.8, 4) is 0 Å². The van der Waals surface area contributed by atoms with Gasteiger partial charge in [0.15, 0.2) is 0 Å². The van der Waals surface area contributed by atoms with E-state index >= 15 is 0 Å². The van der Waals surface area contributed by atoms with E-state index in [-0.39, 0.29) is 5.92 Å². The van der Waals surface area contributed by atoms with Gasteiger partial charge >= 0.3 is 5.97 Å². The molecule has 0 aromatic rings. The Morgan fingerprint density at radius 3 is 2.39 bits per heavy atom. The molecule has 0 aromatic heterocycles. The molecule has 4 heteroatoms. The van der Waals surface area contributed by atoms with Gasteiger partial charge in [-0.25, -0.2) is 0 Å². The molecule has 0 amide bonds. The smallest absolute Gasteiger partial charge is 0.306 e. The maximum Gasteiger partial charge on any atom is 0.306 e. The van der Waals surface area contributed by atoms with Crippen LogP contribution in [0.15, 0.2) is 0 Å². The van der Waals surface area contributed by atoms with Gasteiger partial charge in [0.2, 0.25) is 0 Å². The average molecular weight is 257 g/mol. The van der Waals surface area contributed by atoms with Crippen LogP contribution in [-0.4, -0.2) is 46.3 Å². The van der Waals surface area contributed by atoms with Crippen molar-refractivity contribution < 1.29 is 15.0 Å². The van der Waals surface area contributed by atoms with E-state index in [2.05, 4.69) is 18.7 Å². The zero-order valence-corrected chi connectivity index (χ0v) is 11.7. The highest BCUT2D eigenvalue weighted by Gasteiger charge is 2.36. The van der Waals surface area contributed by atoms with Crippen molar-refractivity contribution in [3.05, 3.63) is 0 Å². The molecule has 0 aromatic carbocycles. The molecule has 106 valence electrons. The third-order valence-electron chi connectivity index (χ3n) is 4.06. The first kappa shape index (κ1) is 15.4. The zero-order valence-electron chi connectivity index (χ0n) is 11.7. The molecule has 1 aliphatic rings. The van der Waals surface area contributed by atoms with Crippen molar-refractivity contribution in [1.29, 1.82) is 0 Å². The van der Waals surface area contributed by atoms with Gasteiger partial charge in [-0.05, 0) is 45.2 Å². The Morgan fingerprint density at radius 1 is 1.33 bits per heavy atom. The van der Waals surface area contributed by atoms with Gasteiger partial charge in [0, 0.05) is 6.54 Å². The van der Waals surface area contributed by atoms with Crippen LogP contribution in [0.1, 0.15) is 52.4 Å². The summed E-state index contributed by atoms with van der Waals surface area (Å²) in [5, 5.41) is 19.5. The standard InChI is InChI=1S/C14H27NO3/c1-3-5-10-15(4-2)11-14(18)8-6-12(7-9-14)13(16)17/h12,18H,3-11H2,1-2H3,(H,16,17). The van der Waals surface area contributed by atoms with E-state index in [1.54, 1.807) is 0 Å². The van der Waals surface area contributed by atoms with Gasteiger partial charge in [0.25, 0.3) is 0 Å². The number of unbranched alkanes of at least 4 members (excludes halogenated alkanes) is 1. The molecule has 0 bridgehead atoms. The summed E-state index contributed by atoms with van der Waals surface area (Å²) in [7, 11) is 0. The predicted molar refractivity (Wildman–Crippen MR) is 71.6 cm³/mol. The van der Waals surface area contributed by atoms with Crippen LogP contribution < -0.4 is 0 Å². The molecule has 0 spiro atoms. The van der Waals surface area contributed by atoms with Crippen molar-refractivity contribution >= 4 is 5.97 Å². The van der Waals surface area contributed by atoms with E-state index in [1.165, 1.54) is 0 Å². The lowest BCUT2D eigenvalue weighted by atomic mass is 9.78. The fraction of sp³-hybridized carbons (Fsp3) is 0.929. The summed E-state index contributed by atoms with van der Waals surface area (Å²) in [6.07, 6.45) is 4.77. The largest absolute Gasteiger partial charge is 0.481 e. The number of likely N-dealkylation sites (N-methyl/N-ethyl adjacent to an activating group) is 1. The van der Waals surface area contributed by atoms with Crippen molar-refractivity contribution in [2.24, 2.45) is 5.92 Å². The normalized spacial score (nSPS) is 28.6. The van der Waals surface area contributed by atoms with Gasteiger partial charge in [0.1, 0.15) is 0 Å². The number of rotatable bonds is 7. The minimum absolute atomic E-state index is 0.254. The molecule has 0 heterocycles. The second kappa shape index (κ2) is 7.10. The lowest BCUT2D eigenvalue weighted by molar-refractivity contribution is -0.145. The molecule has 1 saturated carbocycles. The summed E-state index contributed by atoms with van der Waals surface area (Å²) in [6.45, 7) is 6.95. The second-order valence-corrected chi connectivity index (χ2v) is 5.56. The number of hydrogen-bond donors (Lipinski definition) is 2. The molecule has 0 unspecified atom stereocenters. The number of hydrogen-bond acceptors (Lipinski definition) is 3. The molecule has 1 rings (SSSR count). The summed E-state index contributed by atoms with van der Waals surface area (Å²) in [5.41, 5.74) is -0.671. The van der Waals surface area contributed by atoms with Gasteiger partial charge in [-0.15, -0.1) is 0 Å². The third-order valence-corrected chi connectivity index (χ3v) is 4.06. The molecule has 1 fully saturated rings. The van der Waals surface area contributed by atoms with Crippen LogP contribution in [0.2, 0.25) is 0 Å². The lowest BCUT2D eigenvalue weighted by Crippen LogP contribution is -2.46. The van der Waals surface area contributed by atoms with Crippen LogP contribution >= 0.6 is 0 Å². The SMILES string of the molecule is CCCCN(CC)CC1(O)CCC(C(=O)O)CC1. The number of nitrogens with zero attached hydrogens (tertiary/aromatic N) is 1. The maximum absolute atomic E-state index is 10.9. The quantitative estimate of drug-likeness (QED) is 0.733. The average Bonchev–Trinajstić information content (AvgIpc) is 2.35. The highest BCUT2D eigenvalue weighted by molar-refractivity contribution is 5.70. The Balaban J connectivity index is 2.43. The van der Waals surface area contributed by atoms with E-state index in [0.717, 1.165) is 25.9 Å². The van der Waals surface area contributed by atoms with Gasteiger partial charge in [0.05, 0.1) is 11.5 Å². The molecular weight excluding hydrogens is 230 g/mol. The number of carboxylic acid groups (broad SMARTS) is 1. The van der Waals surface area contributed by atoms with Crippen LogP contribution in [-0.2, 0) is 4.79 Å². The number of carbonyl (C=O) groups is 1. The van der Waals surface area contributed by atoms with Crippen molar-refractivity contribution in [2.45, 2.75) is 58.0 Å². The fourth-order valence-corrected chi connectivity index (χ4v) is 2.71. The van der Waals surface area contributed by atoms with Gasteiger partial charge in [-0.3, -0.25) is 4.79 Å². The monoisotopic (exact) mass is 257 g/mol. The summed E-state index contributed by atoms with van der Waals surface area (Å²) < 4.78 is 0. The first-order valence-electron chi connectivity index (χ1n) is 7.18. The topological polar surface area (TPSA) is 60.8 Å². The summed E-state index contributed by atoms with van der Waals surface area (Å²) in [4.78, 5) is 13.2. The van der Waals surface area contributed by atoms with E-state index < -0.39 is 11.6 Å². The molecule has 0 atom stereocenters. The van der Waals surface area contributed by atoms with E-state index in [4.69, 9.17) is 5.11 Å². The number of aliphatic carboxylic acids is 1. The molecule has 2 N–H and O–H groups in total. The van der Waals surface area contributed by atoms with Gasteiger partial charge < -0.3 is 15.1 Å². The highest BCUT2D eigenvalue weighted by Crippen LogP contribution is 2.32. The summed E-state index contributed by atoms with van der Waals surface area (Å²) in [6, 6.07) is 0. The minimum atomic E-state index is -0.713. The van der Waals surface area contributed by atoms with Gasteiger partial charge in [-0.2, -0.15) is 0 Å². The van der Waals surface area contributed by atoms with Crippen molar-refractivity contribution in [3.63, 3.8) is 0 Å². The minimum Gasteiger partial charge on any atom is -0.481 e. The fourth-order valence-electron chi connectivity index (χ4n) is 2.71. The van der Waals surface area contributed by atoms with Crippen molar-refractivity contribution in [2.75, 3.05) is 19.6 Å². The first-order valence-corrected chi connectivity index (χ1v) is 7.18. The predicted octanol–water partition coefficient (Wildman–Crippen LogP) is 2.11. The Kier molecular flexibility index (Phi) is 6.09. The Morgan fingerprint density at radius 2 is 1.94 bits per heavy atom. The Hall–Kier alpha value is -0.610. The Labute approximate surface area is 110 Å². The zero-order chi connectivity index (χ0) is 13.6. The molecular formula is C14H27NO3. The van der Waals surface area contributed by atoms with Crippen LogP contribution in [0, 0.1) is 5.92 Å². The third kappa shape index (κ3) is 4.58. The van der Waals surface area contributed by atoms with Crippen LogP contribution in [0.25, 0.3) is 0 Å². The van der Waals surface area contributed by atoms with Crippen molar-refractivity contribution in [1.82, 2.24) is 4.90 Å². The second-order valence-electron chi connectivity index (χ2n) is 5.56. The number of aliphatic hydroxyl groups is 1. The first-order chi connectivity index (χ1) is 8.50. The molecule has 0 saturated heterocycles. The molecule has 4 nitrogen and oxygen atoms in total. The van der Waals surface area contributed by atoms with E-state index in [9.17, 15) is 9.90 Å². The maximum atomic E-state index is 10.9. The van der Waals surface area contributed by atoms with E-state index in [1.807, 2.05) is 0 Å². The van der Waals surface area contributed by atoms with Crippen LogP contribution in [0.4, 0.5) is 0 Å². The lowest BCUT2D eigenvalue weighted by Gasteiger charge is -2.38. The van der Waals surface area contributed by atoms with Crippen LogP contribution in [0.3, 0.4) is 0 Å². The molecule has 18 heavy (non-hydrogen) atoms. The van der Waals surface area contributed by atoms with Crippen LogP contribution in [0.5, 0.6) is 0 Å². The summed E-state index contributed by atoms with van der Waals surface area (Å²) >= 11 is 0.